The summed E-state index contributed by atoms with van der Waals surface area (Å²) in [7, 11) is 0. The molecule has 1 fully saturated rings. The zero-order chi connectivity index (χ0) is 19.4. The smallest absolute Gasteiger partial charge is 0.00536 e. The fourth-order valence-corrected chi connectivity index (χ4v) is 3.90. The summed E-state index contributed by atoms with van der Waals surface area (Å²) in [5.74, 6) is 2.65. The van der Waals surface area contributed by atoms with E-state index in [4.69, 9.17) is 5.73 Å². The van der Waals surface area contributed by atoms with Crippen LogP contribution < -0.4 is 5.73 Å². The zero-order valence-corrected chi connectivity index (χ0v) is 17.8. The average Bonchev–Trinajstić information content (AvgIpc) is 3.03. The molecule has 0 aromatic carbocycles. The summed E-state index contributed by atoms with van der Waals surface area (Å²) in [4.78, 5) is 0. The van der Waals surface area contributed by atoms with E-state index in [1.54, 1.807) is 5.57 Å². The Labute approximate surface area is 163 Å². The van der Waals surface area contributed by atoms with Crippen molar-refractivity contribution < 1.29 is 0 Å². The van der Waals surface area contributed by atoms with Crippen molar-refractivity contribution in [1.29, 1.82) is 0 Å². The molecule has 0 aromatic rings. The number of hydrogen-bond donors (Lipinski definition) is 1. The molecule has 2 aliphatic rings. The lowest BCUT2D eigenvalue weighted by Crippen LogP contribution is -2.25. The van der Waals surface area contributed by atoms with Gasteiger partial charge in [-0.25, -0.2) is 0 Å². The molecule has 0 bridgehead atoms. The maximum Gasteiger partial charge on any atom is 0.00536 e. The molecule has 1 radical (unpaired) electrons. The van der Waals surface area contributed by atoms with Gasteiger partial charge in [0.1, 0.15) is 0 Å². The Kier molecular flexibility index (Phi) is 11.6. The Bertz CT molecular complexity index is 486. The highest BCUT2D eigenvalue weighted by molar-refractivity contribution is 5.39. The van der Waals surface area contributed by atoms with Gasteiger partial charge in [0.15, 0.2) is 0 Å². The first-order valence-corrected chi connectivity index (χ1v) is 10.8. The van der Waals surface area contributed by atoms with Gasteiger partial charge >= 0.3 is 0 Å². The minimum Gasteiger partial charge on any atom is -0.331 e. The number of rotatable bonds is 10. The molecule has 1 saturated carbocycles. The van der Waals surface area contributed by atoms with Gasteiger partial charge < -0.3 is 5.73 Å². The van der Waals surface area contributed by atoms with Crippen LogP contribution in [0.1, 0.15) is 79.1 Å². The predicted octanol–water partition coefficient (Wildman–Crippen LogP) is 7.18. The van der Waals surface area contributed by atoms with Crippen molar-refractivity contribution >= 4 is 0 Å². The standard InChI is InChI=1S/C23H35.C2H7N/c1-5-9-21-16-23(17-21)22(13-8-10-18(2)3)15-19(4)14-20-11-6-7-12-20;1-2-3/h6-7,11-12,15,18,21,23H,4-5,8-10,13-14,16-17H2,1-3H3;2-3H2,1H3/b22-15+;. The van der Waals surface area contributed by atoms with Gasteiger partial charge in [0.25, 0.3) is 0 Å². The molecule has 147 valence electrons. The lowest BCUT2D eigenvalue weighted by atomic mass is 9.68. The molecule has 0 unspecified atom stereocenters. The van der Waals surface area contributed by atoms with E-state index in [2.05, 4.69) is 58.1 Å². The van der Waals surface area contributed by atoms with E-state index >= 15 is 0 Å². The number of nitrogens with two attached hydrogens (primary N) is 1. The monoisotopic (exact) mass is 356 g/mol. The topological polar surface area (TPSA) is 26.0 Å². The molecule has 0 atom stereocenters. The van der Waals surface area contributed by atoms with Crippen LogP contribution in [-0.4, -0.2) is 6.54 Å². The highest BCUT2D eigenvalue weighted by atomic mass is 14.5. The Morgan fingerprint density at radius 3 is 2.54 bits per heavy atom. The molecule has 0 heterocycles. The van der Waals surface area contributed by atoms with Crippen LogP contribution >= 0.6 is 0 Å². The van der Waals surface area contributed by atoms with Gasteiger partial charge in [-0.1, -0.05) is 89.0 Å². The molecule has 0 amide bonds. The lowest BCUT2D eigenvalue weighted by molar-refractivity contribution is 0.208. The van der Waals surface area contributed by atoms with Gasteiger partial charge in [0, 0.05) is 6.42 Å². The van der Waals surface area contributed by atoms with Crippen LogP contribution in [0.3, 0.4) is 0 Å². The number of hydrogen-bond acceptors (Lipinski definition) is 1. The summed E-state index contributed by atoms with van der Waals surface area (Å²) in [6.07, 6.45) is 21.7. The fraction of sp³-hybridized carbons (Fsp3) is 0.640. The summed E-state index contributed by atoms with van der Waals surface area (Å²) < 4.78 is 0. The second-order valence-corrected chi connectivity index (χ2v) is 8.36. The van der Waals surface area contributed by atoms with Crippen LogP contribution in [0.2, 0.25) is 0 Å². The summed E-state index contributed by atoms with van der Waals surface area (Å²) in [6.45, 7) is 14.0. The molecule has 2 rings (SSSR count). The first kappa shape index (κ1) is 23.0. The van der Waals surface area contributed by atoms with Crippen LogP contribution in [0, 0.1) is 24.2 Å². The number of allylic oxidation sites excluding steroid dienone is 7. The Hall–Kier alpha value is -1.08. The van der Waals surface area contributed by atoms with E-state index in [-0.39, 0.29) is 0 Å². The van der Waals surface area contributed by atoms with Crippen molar-refractivity contribution in [2.75, 3.05) is 6.54 Å². The van der Waals surface area contributed by atoms with E-state index in [0.29, 0.717) is 0 Å². The van der Waals surface area contributed by atoms with Gasteiger partial charge in [-0.05, 0) is 62.0 Å². The molecule has 0 aromatic heterocycles. The normalized spacial score (nSPS) is 21.9. The summed E-state index contributed by atoms with van der Waals surface area (Å²) in [5, 5.41) is 0. The van der Waals surface area contributed by atoms with Crippen molar-refractivity contribution in [3.63, 3.8) is 0 Å². The zero-order valence-electron chi connectivity index (χ0n) is 17.8. The second kappa shape index (κ2) is 13.1. The summed E-state index contributed by atoms with van der Waals surface area (Å²) >= 11 is 0. The predicted molar refractivity (Wildman–Crippen MR) is 118 cm³/mol. The molecule has 2 aliphatic carbocycles. The quantitative estimate of drug-likeness (QED) is 0.412. The Morgan fingerprint density at radius 2 is 2.00 bits per heavy atom. The Balaban J connectivity index is 0.00000105. The lowest BCUT2D eigenvalue weighted by Gasteiger charge is -2.37. The van der Waals surface area contributed by atoms with Gasteiger partial charge in [0.05, 0.1) is 0 Å². The second-order valence-electron chi connectivity index (χ2n) is 8.36. The third-order valence-electron chi connectivity index (χ3n) is 5.26. The largest absolute Gasteiger partial charge is 0.331 e. The molecule has 26 heavy (non-hydrogen) atoms. The molecular weight excluding hydrogens is 314 g/mol. The van der Waals surface area contributed by atoms with E-state index < -0.39 is 0 Å². The molecule has 1 heteroatoms. The molecule has 0 aliphatic heterocycles. The molecular formula is C25H42N. The maximum atomic E-state index is 4.85. The fourth-order valence-electron chi connectivity index (χ4n) is 3.90. The molecule has 1 nitrogen and oxygen atoms in total. The van der Waals surface area contributed by atoms with E-state index in [1.165, 1.54) is 56.1 Å². The van der Waals surface area contributed by atoms with E-state index in [9.17, 15) is 0 Å². The minimum atomic E-state index is 0.750. The van der Waals surface area contributed by atoms with Crippen molar-refractivity contribution in [3.8, 4) is 0 Å². The third kappa shape index (κ3) is 9.03. The summed E-state index contributed by atoms with van der Waals surface area (Å²) in [5.41, 5.74) is 9.22. The van der Waals surface area contributed by atoms with Crippen LogP contribution in [0.25, 0.3) is 0 Å². The van der Waals surface area contributed by atoms with Gasteiger partial charge in [-0.2, -0.15) is 0 Å². The van der Waals surface area contributed by atoms with Crippen molar-refractivity contribution in [1.82, 2.24) is 0 Å². The van der Waals surface area contributed by atoms with Crippen molar-refractivity contribution in [3.05, 3.63) is 54.0 Å². The first-order valence-electron chi connectivity index (χ1n) is 10.8. The highest BCUT2D eigenvalue weighted by Gasteiger charge is 2.30. The van der Waals surface area contributed by atoms with E-state index in [0.717, 1.165) is 30.7 Å². The van der Waals surface area contributed by atoms with Gasteiger partial charge in [0.2, 0.25) is 0 Å². The minimum absolute atomic E-state index is 0.750. The maximum absolute atomic E-state index is 4.85. The van der Waals surface area contributed by atoms with E-state index in [1.807, 2.05) is 6.92 Å². The van der Waals surface area contributed by atoms with Crippen LogP contribution in [-0.2, 0) is 0 Å². The van der Waals surface area contributed by atoms with Crippen molar-refractivity contribution in [2.45, 2.75) is 79.1 Å². The van der Waals surface area contributed by atoms with Gasteiger partial charge in [-0.15, -0.1) is 0 Å². The van der Waals surface area contributed by atoms with Gasteiger partial charge in [-0.3, -0.25) is 0 Å². The van der Waals surface area contributed by atoms with Crippen LogP contribution in [0.15, 0.2) is 47.6 Å². The van der Waals surface area contributed by atoms with Crippen molar-refractivity contribution in [2.24, 2.45) is 23.5 Å². The summed E-state index contributed by atoms with van der Waals surface area (Å²) in [6, 6.07) is 0. The first-order chi connectivity index (χ1) is 12.5. The molecule has 0 spiro atoms. The molecule has 2 N–H and O–H groups in total. The average molecular weight is 357 g/mol. The van der Waals surface area contributed by atoms with Crippen LogP contribution in [0.4, 0.5) is 0 Å². The SMILES string of the molecule is C=C(/C=C(\CCCC(C)C)C1CC(CCC)C1)CC1=C[CH]C=C1.CCN. The van der Waals surface area contributed by atoms with Crippen LogP contribution in [0.5, 0.6) is 0 Å². The third-order valence-corrected chi connectivity index (χ3v) is 5.26. The highest BCUT2D eigenvalue weighted by Crippen LogP contribution is 2.43. The molecule has 0 saturated heterocycles. The Morgan fingerprint density at radius 1 is 1.31 bits per heavy atom.